The average Bonchev–Trinajstić information content (AvgIpc) is 2.86. The molecule has 3 rings (SSSR count). The molecule has 1 fully saturated rings. The minimum Gasteiger partial charge on any atom is -0.256 e. The average molecular weight is 269 g/mol. The smallest absolute Gasteiger partial charge is 0.123 e. The van der Waals surface area contributed by atoms with E-state index in [9.17, 15) is 4.39 Å². The van der Waals surface area contributed by atoms with E-state index in [4.69, 9.17) is 0 Å². The van der Waals surface area contributed by atoms with E-state index in [-0.39, 0.29) is 5.82 Å². The Kier molecular flexibility index (Phi) is 3.56. The van der Waals surface area contributed by atoms with Crippen molar-refractivity contribution in [3.63, 3.8) is 0 Å². The van der Waals surface area contributed by atoms with E-state index in [1.165, 1.54) is 43.4 Å². The predicted molar refractivity (Wildman–Crippen MR) is 79.9 cm³/mol. The SMILES string of the molecule is CC1(Cc2ccnc(-c3ccc(F)cc3)c2)CCCC1. The Labute approximate surface area is 119 Å². The number of aromatic nitrogens is 1. The monoisotopic (exact) mass is 269 g/mol. The van der Waals surface area contributed by atoms with Crippen LogP contribution in [-0.4, -0.2) is 4.98 Å². The van der Waals surface area contributed by atoms with Gasteiger partial charge in [0.15, 0.2) is 0 Å². The lowest BCUT2D eigenvalue weighted by Gasteiger charge is -2.23. The predicted octanol–water partition coefficient (Wildman–Crippen LogP) is 5.01. The van der Waals surface area contributed by atoms with E-state index in [0.717, 1.165) is 17.7 Å². The fourth-order valence-electron chi connectivity index (χ4n) is 3.26. The molecule has 1 heterocycles. The summed E-state index contributed by atoms with van der Waals surface area (Å²) in [4.78, 5) is 4.41. The van der Waals surface area contributed by atoms with Gasteiger partial charge in [-0.2, -0.15) is 0 Å². The first-order valence-corrected chi connectivity index (χ1v) is 7.36. The molecule has 1 aliphatic carbocycles. The lowest BCUT2D eigenvalue weighted by molar-refractivity contribution is 0.334. The van der Waals surface area contributed by atoms with Crippen molar-refractivity contribution in [2.24, 2.45) is 5.41 Å². The topological polar surface area (TPSA) is 12.9 Å². The van der Waals surface area contributed by atoms with Crippen molar-refractivity contribution in [1.29, 1.82) is 0 Å². The molecular formula is C18H20FN. The third kappa shape index (κ3) is 2.90. The molecule has 20 heavy (non-hydrogen) atoms. The van der Waals surface area contributed by atoms with Gasteiger partial charge in [0, 0.05) is 11.8 Å². The van der Waals surface area contributed by atoms with Gasteiger partial charge in [-0.15, -0.1) is 0 Å². The first-order valence-electron chi connectivity index (χ1n) is 7.36. The lowest BCUT2D eigenvalue weighted by atomic mass is 9.82. The van der Waals surface area contributed by atoms with Crippen LogP contribution in [0.4, 0.5) is 4.39 Å². The summed E-state index contributed by atoms with van der Waals surface area (Å²) in [7, 11) is 0. The molecule has 1 nitrogen and oxygen atoms in total. The lowest BCUT2D eigenvalue weighted by Crippen LogP contribution is -2.14. The minimum absolute atomic E-state index is 0.205. The third-order valence-corrected chi connectivity index (χ3v) is 4.41. The summed E-state index contributed by atoms with van der Waals surface area (Å²) in [5.41, 5.74) is 3.69. The second-order valence-electron chi connectivity index (χ2n) is 6.25. The molecule has 104 valence electrons. The number of rotatable bonds is 3. The molecule has 0 bridgehead atoms. The molecule has 0 saturated heterocycles. The van der Waals surface area contributed by atoms with Crippen molar-refractivity contribution in [2.75, 3.05) is 0 Å². The minimum atomic E-state index is -0.205. The summed E-state index contributed by atoms with van der Waals surface area (Å²) in [6.45, 7) is 2.39. The van der Waals surface area contributed by atoms with E-state index in [2.05, 4.69) is 24.0 Å². The Morgan fingerprint density at radius 1 is 1.10 bits per heavy atom. The van der Waals surface area contributed by atoms with Crippen LogP contribution in [0.25, 0.3) is 11.3 Å². The van der Waals surface area contributed by atoms with Crippen LogP contribution in [-0.2, 0) is 6.42 Å². The maximum Gasteiger partial charge on any atom is 0.123 e. The first-order chi connectivity index (χ1) is 9.65. The largest absolute Gasteiger partial charge is 0.256 e. The van der Waals surface area contributed by atoms with Crippen molar-refractivity contribution in [1.82, 2.24) is 4.98 Å². The van der Waals surface area contributed by atoms with Gasteiger partial charge in [0.25, 0.3) is 0 Å². The number of hydrogen-bond acceptors (Lipinski definition) is 1. The number of pyridine rings is 1. The van der Waals surface area contributed by atoms with E-state index in [0.29, 0.717) is 5.41 Å². The Balaban J connectivity index is 1.84. The number of hydrogen-bond donors (Lipinski definition) is 0. The molecule has 0 atom stereocenters. The van der Waals surface area contributed by atoms with Crippen LogP contribution in [0, 0.1) is 11.2 Å². The molecule has 2 aromatic rings. The van der Waals surface area contributed by atoms with Crippen molar-refractivity contribution in [3.05, 3.63) is 54.0 Å². The highest BCUT2D eigenvalue weighted by Gasteiger charge is 2.28. The zero-order valence-corrected chi connectivity index (χ0v) is 11.9. The molecule has 0 radical (unpaired) electrons. The quantitative estimate of drug-likeness (QED) is 0.763. The van der Waals surface area contributed by atoms with Gasteiger partial charge in [-0.25, -0.2) is 4.39 Å². The van der Waals surface area contributed by atoms with Crippen LogP contribution in [0.5, 0.6) is 0 Å². The Morgan fingerprint density at radius 3 is 2.50 bits per heavy atom. The highest BCUT2D eigenvalue weighted by molar-refractivity contribution is 5.59. The molecule has 0 N–H and O–H groups in total. The summed E-state index contributed by atoms with van der Waals surface area (Å²) in [5, 5.41) is 0. The standard InChI is InChI=1S/C18H20FN/c1-18(9-2-3-10-18)13-14-8-11-20-17(12-14)15-4-6-16(19)7-5-15/h4-8,11-12H,2-3,9-10,13H2,1H3. The zero-order chi connectivity index (χ0) is 14.0. The van der Waals surface area contributed by atoms with Crippen LogP contribution in [0.3, 0.4) is 0 Å². The highest BCUT2D eigenvalue weighted by Crippen LogP contribution is 2.40. The van der Waals surface area contributed by atoms with Crippen LogP contribution in [0.1, 0.15) is 38.2 Å². The summed E-state index contributed by atoms with van der Waals surface area (Å²) in [6.07, 6.45) is 8.33. The van der Waals surface area contributed by atoms with Gasteiger partial charge in [0.1, 0.15) is 5.82 Å². The maximum atomic E-state index is 13.0. The van der Waals surface area contributed by atoms with Crippen LogP contribution < -0.4 is 0 Å². The molecule has 1 aliphatic rings. The second-order valence-corrected chi connectivity index (χ2v) is 6.25. The molecule has 0 unspecified atom stereocenters. The molecule has 1 saturated carbocycles. The summed E-state index contributed by atoms with van der Waals surface area (Å²) < 4.78 is 13.0. The van der Waals surface area contributed by atoms with Gasteiger partial charge in [0.05, 0.1) is 5.69 Å². The third-order valence-electron chi connectivity index (χ3n) is 4.41. The van der Waals surface area contributed by atoms with Gasteiger partial charge in [-0.1, -0.05) is 19.8 Å². The van der Waals surface area contributed by atoms with E-state index in [1.54, 1.807) is 12.1 Å². The van der Waals surface area contributed by atoms with Crippen molar-refractivity contribution in [3.8, 4) is 11.3 Å². The van der Waals surface area contributed by atoms with Gasteiger partial charge in [0.2, 0.25) is 0 Å². The van der Waals surface area contributed by atoms with Gasteiger partial charge < -0.3 is 0 Å². The van der Waals surface area contributed by atoms with E-state index >= 15 is 0 Å². The fraction of sp³-hybridized carbons (Fsp3) is 0.389. The summed E-state index contributed by atoms with van der Waals surface area (Å²) >= 11 is 0. The van der Waals surface area contributed by atoms with Gasteiger partial charge in [-0.3, -0.25) is 4.98 Å². The van der Waals surface area contributed by atoms with Crippen molar-refractivity contribution >= 4 is 0 Å². The number of nitrogens with zero attached hydrogens (tertiary/aromatic N) is 1. The normalized spacial score (nSPS) is 17.3. The molecule has 1 aromatic carbocycles. The highest BCUT2D eigenvalue weighted by atomic mass is 19.1. The van der Waals surface area contributed by atoms with E-state index < -0.39 is 0 Å². The second kappa shape index (κ2) is 5.35. The van der Waals surface area contributed by atoms with E-state index in [1.807, 2.05) is 6.20 Å². The molecular weight excluding hydrogens is 249 g/mol. The van der Waals surface area contributed by atoms with Crippen LogP contribution in [0.15, 0.2) is 42.6 Å². The van der Waals surface area contributed by atoms with Gasteiger partial charge >= 0.3 is 0 Å². The van der Waals surface area contributed by atoms with Crippen LogP contribution in [0.2, 0.25) is 0 Å². The first kappa shape index (κ1) is 13.3. The molecule has 0 aliphatic heterocycles. The molecule has 0 amide bonds. The fourth-order valence-corrected chi connectivity index (χ4v) is 3.26. The zero-order valence-electron chi connectivity index (χ0n) is 11.9. The molecule has 1 aromatic heterocycles. The molecule has 2 heteroatoms. The number of halogens is 1. The Morgan fingerprint density at radius 2 is 1.80 bits per heavy atom. The number of benzene rings is 1. The Bertz CT molecular complexity index is 583. The molecule has 0 spiro atoms. The summed E-state index contributed by atoms with van der Waals surface area (Å²) in [6, 6.07) is 10.8. The van der Waals surface area contributed by atoms with Crippen molar-refractivity contribution in [2.45, 2.75) is 39.0 Å². The van der Waals surface area contributed by atoms with Crippen molar-refractivity contribution < 1.29 is 4.39 Å². The summed E-state index contributed by atoms with van der Waals surface area (Å²) in [5.74, 6) is -0.205. The van der Waals surface area contributed by atoms with Crippen LogP contribution >= 0.6 is 0 Å². The Hall–Kier alpha value is -1.70. The van der Waals surface area contributed by atoms with Gasteiger partial charge in [-0.05, 0) is 66.6 Å². The maximum absolute atomic E-state index is 13.0.